The molecule has 0 fully saturated rings. The second-order valence-corrected chi connectivity index (χ2v) is 3.14. The van der Waals surface area contributed by atoms with Crippen molar-refractivity contribution in [1.82, 2.24) is 5.32 Å². The zero-order chi connectivity index (χ0) is 12.1. The number of benzene rings is 1. The van der Waals surface area contributed by atoms with Crippen LogP contribution in [-0.2, 0) is 9.59 Å². The van der Waals surface area contributed by atoms with Gasteiger partial charge >= 0.3 is 5.97 Å². The Kier molecular flexibility index (Phi) is 3.66. The van der Waals surface area contributed by atoms with E-state index < -0.39 is 11.9 Å². The largest absolute Gasteiger partial charge is 0.508 e. The molecular weight excluding hydrogens is 211 g/mol. The third kappa shape index (κ3) is 3.45. The minimum atomic E-state index is -1.22. The van der Waals surface area contributed by atoms with Crippen LogP contribution in [0.5, 0.6) is 5.75 Å². The second kappa shape index (κ2) is 4.97. The summed E-state index contributed by atoms with van der Waals surface area (Å²) in [4.78, 5) is 21.5. The Morgan fingerprint density at radius 2 is 1.81 bits per heavy atom. The van der Waals surface area contributed by atoms with Gasteiger partial charge in [0, 0.05) is 6.92 Å². The van der Waals surface area contributed by atoms with Crippen molar-refractivity contribution in [2.24, 2.45) is 0 Å². The number of hydrogen-bond donors (Lipinski definition) is 3. The van der Waals surface area contributed by atoms with Gasteiger partial charge in [0.15, 0.2) is 0 Å². The normalized spacial score (nSPS) is 10.9. The molecule has 84 valence electrons. The standard InChI is InChI=1S/C11H11NO4/c1-7(13)12-10(11(15)16)6-8-2-4-9(14)5-3-8/h2-6,14H,1H3,(H,12,13)(H,15,16)/b10-6-/i11+1. The minimum Gasteiger partial charge on any atom is -0.508 e. The molecular formula is C11H11NO4. The van der Waals surface area contributed by atoms with Crippen LogP contribution in [0.4, 0.5) is 0 Å². The Labute approximate surface area is 92.0 Å². The van der Waals surface area contributed by atoms with Crippen molar-refractivity contribution in [3.05, 3.63) is 35.5 Å². The van der Waals surface area contributed by atoms with Crippen molar-refractivity contribution in [1.29, 1.82) is 0 Å². The van der Waals surface area contributed by atoms with E-state index in [9.17, 15) is 9.59 Å². The Morgan fingerprint density at radius 3 is 2.25 bits per heavy atom. The van der Waals surface area contributed by atoms with Crippen LogP contribution in [0.3, 0.4) is 0 Å². The number of hydrogen-bond acceptors (Lipinski definition) is 3. The Morgan fingerprint density at radius 1 is 1.25 bits per heavy atom. The van der Waals surface area contributed by atoms with Gasteiger partial charge in [-0.05, 0) is 23.8 Å². The molecule has 1 aromatic rings. The molecule has 0 spiro atoms. The SMILES string of the molecule is CC(=O)N/C(=C\c1ccc(O)cc1)[13C](=O)O. The van der Waals surface area contributed by atoms with E-state index in [-0.39, 0.29) is 11.4 Å². The van der Waals surface area contributed by atoms with Crippen molar-refractivity contribution in [2.75, 3.05) is 0 Å². The number of amides is 1. The van der Waals surface area contributed by atoms with Gasteiger partial charge in [-0.3, -0.25) is 4.79 Å². The van der Waals surface area contributed by atoms with Crippen LogP contribution in [0.2, 0.25) is 0 Å². The highest BCUT2D eigenvalue weighted by molar-refractivity contribution is 5.96. The quantitative estimate of drug-likeness (QED) is 0.525. The molecule has 0 saturated heterocycles. The molecule has 0 aliphatic carbocycles. The maximum atomic E-state index is 10.8. The van der Waals surface area contributed by atoms with Crippen molar-refractivity contribution in [3.63, 3.8) is 0 Å². The first kappa shape index (κ1) is 11.8. The molecule has 1 amide bonds. The number of carboxylic acid groups (broad SMARTS) is 1. The van der Waals surface area contributed by atoms with Crippen molar-refractivity contribution in [3.8, 4) is 5.75 Å². The van der Waals surface area contributed by atoms with Crippen molar-refractivity contribution >= 4 is 18.0 Å². The van der Waals surface area contributed by atoms with Gasteiger partial charge < -0.3 is 15.5 Å². The minimum absolute atomic E-state index is 0.0913. The molecule has 0 bridgehead atoms. The number of carbonyl (C=O) groups is 2. The highest BCUT2D eigenvalue weighted by Crippen LogP contribution is 2.12. The third-order valence-electron chi connectivity index (χ3n) is 1.75. The molecule has 1 aromatic carbocycles. The van der Waals surface area contributed by atoms with Crippen LogP contribution >= 0.6 is 0 Å². The summed E-state index contributed by atoms with van der Waals surface area (Å²) in [6.45, 7) is 1.23. The van der Waals surface area contributed by atoms with E-state index in [0.29, 0.717) is 5.56 Å². The van der Waals surface area contributed by atoms with Crippen LogP contribution in [0.1, 0.15) is 12.5 Å². The molecule has 0 aliphatic rings. The number of rotatable bonds is 3. The lowest BCUT2D eigenvalue weighted by Crippen LogP contribution is -2.24. The molecule has 5 nitrogen and oxygen atoms in total. The Bertz CT molecular complexity index is 434. The van der Waals surface area contributed by atoms with Gasteiger partial charge in [-0.25, -0.2) is 4.79 Å². The van der Waals surface area contributed by atoms with E-state index in [4.69, 9.17) is 10.2 Å². The monoisotopic (exact) mass is 222 g/mol. The molecule has 16 heavy (non-hydrogen) atoms. The number of carbonyl (C=O) groups excluding carboxylic acids is 1. The lowest BCUT2D eigenvalue weighted by atomic mass is 10.2. The summed E-state index contributed by atoms with van der Waals surface area (Å²) >= 11 is 0. The molecule has 1 rings (SSSR count). The first-order valence-electron chi connectivity index (χ1n) is 4.50. The van der Waals surface area contributed by atoms with E-state index in [2.05, 4.69) is 5.32 Å². The summed E-state index contributed by atoms with van der Waals surface area (Å²) in [6.07, 6.45) is 1.31. The number of phenols is 1. The highest BCUT2D eigenvalue weighted by Gasteiger charge is 2.08. The van der Waals surface area contributed by atoms with Gasteiger partial charge in [0.1, 0.15) is 11.4 Å². The van der Waals surface area contributed by atoms with Gasteiger partial charge in [0.25, 0.3) is 0 Å². The predicted molar refractivity (Wildman–Crippen MR) is 57.5 cm³/mol. The van der Waals surface area contributed by atoms with Gasteiger partial charge in [-0.2, -0.15) is 0 Å². The fourth-order valence-corrected chi connectivity index (χ4v) is 1.08. The van der Waals surface area contributed by atoms with E-state index in [1.807, 2.05) is 0 Å². The topological polar surface area (TPSA) is 86.6 Å². The molecule has 5 heteroatoms. The zero-order valence-electron chi connectivity index (χ0n) is 8.60. The number of nitrogens with one attached hydrogen (secondary N) is 1. The van der Waals surface area contributed by atoms with Crippen molar-refractivity contribution < 1.29 is 19.8 Å². The van der Waals surface area contributed by atoms with Crippen molar-refractivity contribution in [2.45, 2.75) is 6.92 Å². The Hall–Kier alpha value is -2.30. The van der Waals surface area contributed by atoms with Crippen LogP contribution in [0, 0.1) is 0 Å². The summed E-state index contributed by atoms with van der Waals surface area (Å²) in [6, 6.07) is 5.94. The predicted octanol–water partition coefficient (Wildman–Crippen LogP) is 0.954. The number of carboxylic acids is 1. The molecule has 3 N–H and O–H groups in total. The fraction of sp³-hybridized carbons (Fsp3) is 0.0909. The summed E-state index contributed by atoms with van der Waals surface area (Å²) in [5, 5.41) is 20.0. The molecule has 0 unspecified atom stereocenters. The zero-order valence-corrected chi connectivity index (χ0v) is 8.60. The average molecular weight is 222 g/mol. The summed E-state index contributed by atoms with van der Waals surface area (Å²) in [5.41, 5.74) is 0.363. The van der Waals surface area contributed by atoms with E-state index >= 15 is 0 Å². The number of aliphatic carboxylic acids is 1. The molecule has 0 radical (unpaired) electrons. The van der Waals surface area contributed by atoms with E-state index in [1.165, 1.54) is 25.1 Å². The van der Waals surface area contributed by atoms with Gasteiger partial charge in [-0.1, -0.05) is 12.1 Å². The number of phenolic OH excluding ortho intramolecular Hbond substituents is 1. The summed E-state index contributed by atoms with van der Waals surface area (Å²) in [7, 11) is 0. The first-order valence-corrected chi connectivity index (χ1v) is 4.50. The van der Waals surface area contributed by atoms with E-state index in [1.54, 1.807) is 12.1 Å². The number of aromatic hydroxyl groups is 1. The van der Waals surface area contributed by atoms with Crippen LogP contribution in [0.25, 0.3) is 6.08 Å². The Balaban J connectivity index is 2.97. The van der Waals surface area contributed by atoms with Gasteiger partial charge in [-0.15, -0.1) is 0 Å². The van der Waals surface area contributed by atoms with Crippen LogP contribution in [-0.4, -0.2) is 22.1 Å². The molecule has 0 aliphatic heterocycles. The lowest BCUT2D eigenvalue weighted by molar-refractivity contribution is -0.134. The average Bonchev–Trinajstić information content (AvgIpc) is 2.19. The first-order chi connectivity index (χ1) is 7.49. The fourth-order valence-electron chi connectivity index (χ4n) is 1.08. The van der Waals surface area contributed by atoms with Crippen LogP contribution in [0.15, 0.2) is 30.0 Å². The highest BCUT2D eigenvalue weighted by atomic mass is 16.5. The smallest absolute Gasteiger partial charge is 0.352 e. The van der Waals surface area contributed by atoms with E-state index in [0.717, 1.165) is 0 Å². The summed E-state index contributed by atoms with van der Waals surface area (Å²) in [5.74, 6) is -1.58. The molecule has 0 heterocycles. The maximum absolute atomic E-state index is 10.8. The maximum Gasteiger partial charge on any atom is 0.352 e. The lowest BCUT2D eigenvalue weighted by Gasteiger charge is -2.02. The molecule has 0 saturated carbocycles. The summed E-state index contributed by atoms with van der Waals surface area (Å²) < 4.78 is 0. The molecule has 0 atom stereocenters. The third-order valence-corrected chi connectivity index (χ3v) is 1.75. The molecule has 0 aromatic heterocycles. The second-order valence-electron chi connectivity index (χ2n) is 3.14. The van der Waals surface area contributed by atoms with Crippen LogP contribution < -0.4 is 5.32 Å². The van der Waals surface area contributed by atoms with Gasteiger partial charge in [0.2, 0.25) is 5.91 Å². The van der Waals surface area contributed by atoms with Gasteiger partial charge in [0.05, 0.1) is 0 Å².